The van der Waals surface area contributed by atoms with Gasteiger partial charge in [-0.05, 0) is 24.7 Å². The fourth-order valence-corrected chi connectivity index (χ4v) is 2.78. The zero-order valence-corrected chi connectivity index (χ0v) is 13.0. The number of aliphatic hydroxyl groups is 1. The van der Waals surface area contributed by atoms with Crippen molar-refractivity contribution in [3.63, 3.8) is 0 Å². The topological polar surface area (TPSA) is 36.4 Å². The van der Waals surface area contributed by atoms with Gasteiger partial charge in [-0.3, -0.25) is 0 Å². The first kappa shape index (κ1) is 15.4. The highest BCUT2D eigenvalue weighted by molar-refractivity contribution is 7.15. The third kappa shape index (κ3) is 3.95. The molecule has 3 nitrogen and oxygen atoms in total. The van der Waals surface area contributed by atoms with Crippen molar-refractivity contribution in [2.45, 2.75) is 53.1 Å². The standard InChI is InChI=1S/C14H26N2OS/c1-6-11(4)13-12(9-17)18-14(15-13)16(5)8-7-10(2)3/h10-11,17H,6-9H2,1-5H3. The Balaban J connectivity index is 2.80. The highest BCUT2D eigenvalue weighted by Crippen LogP contribution is 2.31. The summed E-state index contributed by atoms with van der Waals surface area (Å²) in [6.07, 6.45) is 2.23. The maximum Gasteiger partial charge on any atom is 0.185 e. The average Bonchev–Trinajstić information content (AvgIpc) is 2.78. The summed E-state index contributed by atoms with van der Waals surface area (Å²) >= 11 is 1.63. The van der Waals surface area contributed by atoms with Gasteiger partial charge in [-0.2, -0.15) is 0 Å². The lowest BCUT2D eigenvalue weighted by atomic mass is 10.0. The second-order valence-electron chi connectivity index (χ2n) is 5.38. The molecular formula is C14H26N2OS. The van der Waals surface area contributed by atoms with E-state index in [2.05, 4.69) is 39.6 Å². The second kappa shape index (κ2) is 7.10. The minimum atomic E-state index is 0.107. The van der Waals surface area contributed by atoms with Crippen LogP contribution in [0.25, 0.3) is 0 Å². The Kier molecular flexibility index (Phi) is 6.09. The molecule has 1 aromatic rings. The van der Waals surface area contributed by atoms with Gasteiger partial charge in [-0.1, -0.05) is 39.0 Å². The summed E-state index contributed by atoms with van der Waals surface area (Å²) in [5.41, 5.74) is 1.08. The van der Waals surface area contributed by atoms with Crippen molar-refractivity contribution in [3.8, 4) is 0 Å². The SMILES string of the molecule is CCC(C)c1nc(N(C)CCC(C)C)sc1CO. The Bertz CT molecular complexity index is 363. The predicted octanol–water partition coefficient (Wildman–Crippen LogP) is 3.63. The molecule has 0 fully saturated rings. The maximum atomic E-state index is 9.43. The van der Waals surface area contributed by atoms with E-state index in [9.17, 15) is 5.11 Å². The lowest BCUT2D eigenvalue weighted by Gasteiger charge is -2.16. The zero-order valence-electron chi connectivity index (χ0n) is 12.2. The normalized spacial score (nSPS) is 13.1. The monoisotopic (exact) mass is 270 g/mol. The molecule has 0 saturated heterocycles. The van der Waals surface area contributed by atoms with Gasteiger partial charge in [0.05, 0.1) is 17.2 Å². The Labute approximate surface area is 115 Å². The van der Waals surface area contributed by atoms with Gasteiger partial charge in [-0.15, -0.1) is 0 Å². The third-order valence-corrected chi connectivity index (χ3v) is 4.48. The van der Waals surface area contributed by atoms with E-state index in [0.717, 1.165) is 28.7 Å². The number of anilines is 1. The van der Waals surface area contributed by atoms with Crippen LogP contribution in [0.1, 0.15) is 57.0 Å². The largest absolute Gasteiger partial charge is 0.391 e. The summed E-state index contributed by atoms with van der Waals surface area (Å²) in [7, 11) is 2.09. The lowest BCUT2D eigenvalue weighted by molar-refractivity contribution is 0.283. The molecule has 0 aliphatic carbocycles. The smallest absolute Gasteiger partial charge is 0.185 e. The number of hydrogen-bond donors (Lipinski definition) is 1. The molecule has 1 aromatic heterocycles. The summed E-state index contributed by atoms with van der Waals surface area (Å²) in [5, 5.41) is 10.5. The van der Waals surface area contributed by atoms with Crippen LogP contribution < -0.4 is 4.90 Å². The van der Waals surface area contributed by atoms with Gasteiger partial charge in [0, 0.05) is 13.6 Å². The molecular weight excluding hydrogens is 244 g/mol. The molecule has 0 radical (unpaired) electrons. The Hall–Kier alpha value is -0.610. The van der Waals surface area contributed by atoms with Crippen LogP contribution >= 0.6 is 11.3 Å². The Morgan fingerprint density at radius 2 is 2.00 bits per heavy atom. The molecule has 0 saturated carbocycles. The molecule has 0 aliphatic rings. The number of rotatable bonds is 7. The Morgan fingerprint density at radius 3 is 2.50 bits per heavy atom. The number of aromatic nitrogens is 1. The van der Waals surface area contributed by atoms with Crippen molar-refractivity contribution in [1.29, 1.82) is 0 Å². The molecule has 0 aromatic carbocycles. The fraction of sp³-hybridized carbons (Fsp3) is 0.786. The second-order valence-corrected chi connectivity index (χ2v) is 6.44. The fourth-order valence-electron chi connectivity index (χ4n) is 1.75. The van der Waals surface area contributed by atoms with E-state index in [1.807, 2.05) is 0 Å². The van der Waals surface area contributed by atoms with E-state index in [4.69, 9.17) is 4.98 Å². The minimum Gasteiger partial charge on any atom is -0.391 e. The van der Waals surface area contributed by atoms with Crippen molar-refractivity contribution >= 4 is 16.5 Å². The minimum absolute atomic E-state index is 0.107. The third-order valence-electron chi connectivity index (χ3n) is 3.31. The maximum absolute atomic E-state index is 9.43. The molecule has 0 aliphatic heterocycles. The van der Waals surface area contributed by atoms with Crippen molar-refractivity contribution in [2.75, 3.05) is 18.5 Å². The molecule has 104 valence electrons. The van der Waals surface area contributed by atoms with Crippen molar-refractivity contribution < 1.29 is 5.11 Å². The van der Waals surface area contributed by atoms with E-state index in [0.29, 0.717) is 11.8 Å². The molecule has 18 heavy (non-hydrogen) atoms. The van der Waals surface area contributed by atoms with Gasteiger partial charge in [0.2, 0.25) is 0 Å². The van der Waals surface area contributed by atoms with Crippen molar-refractivity contribution in [2.24, 2.45) is 5.92 Å². The number of hydrogen-bond acceptors (Lipinski definition) is 4. The molecule has 1 atom stereocenters. The van der Waals surface area contributed by atoms with Gasteiger partial charge in [-0.25, -0.2) is 4.98 Å². The Morgan fingerprint density at radius 1 is 1.33 bits per heavy atom. The van der Waals surface area contributed by atoms with E-state index >= 15 is 0 Å². The number of aliphatic hydroxyl groups excluding tert-OH is 1. The van der Waals surface area contributed by atoms with Crippen LogP contribution in [-0.2, 0) is 6.61 Å². The van der Waals surface area contributed by atoms with Crippen LogP contribution in [0.4, 0.5) is 5.13 Å². The van der Waals surface area contributed by atoms with Crippen LogP contribution in [0.2, 0.25) is 0 Å². The predicted molar refractivity (Wildman–Crippen MR) is 79.5 cm³/mol. The van der Waals surface area contributed by atoms with E-state index in [1.165, 1.54) is 6.42 Å². The molecule has 1 rings (SSSR count). The van der Waals surface area contributed by atoms with Gasteiger partial charge < -0.3 is 10.0 Å². The van der Waals surface area contributed by atoms with Crippen LogP contribution in [0.5, 0.6) is 0 Å². The number of thiazole rings is 1. The van der Waals surface area contributed by atoms with Crippen LogP contribution in [0.15, 0.2) is 0 Å². The molecule has 0 bridgehead atoms. The average molecular weight is 270 g/mol. The van der Waals surface area contributed by atoms with E-state index in [1.54, 1.807) is 11.3 Å². The molecule has 1 N–H and O–H groups in total. The molecule has 1 heterocycles. The van der Waals surface area contributed by atoms with Gasteiger partial charge in [0.15, 0.2) is 5.13 Å². The quantitative estimate of drug-likeness (QED) is 0.822. The highest BCUT2D eigenvalue weighted by Gasteiger charge is 2.17. The van der Waals surface area contributed by atoms with Crippen molar-refractivity contribution in [3.05, 3.63) is 10.6 Å². The van der Waals surface area contributed by atoms with Crippen molar-refractivity contribution in [1.82, 2.24) is 4.98 Å². The highest BCUT2D eigenvalue weighted by atomic mass is 32.1. The van der Waals surface area contributed by atoms with Gasteiger partial charge in [0.1, 0.15) is 0 Å². The van der Waals surface area contributed by atoms with Crippen LogP contribution in [0.3, 0.4) is 0 Å². The number of nitrogens with zero attached hydrogens (tertiary/aromatic N) is 2. The van der Waals surface area contributed by atoms with Gasteiger partial charge in [0.25, 0.3) is 0 Å². The summed E-state index contributed by atoms with van der Waals surface area (Å²) < 4.78 is 0. The summed E-state index contributed by atoms with van der Waals surface area (Å²) in [4.78, 5) is 7.94. The van der Waals surface area contributed by atoms with Gasteiger partial charge >= 0.3 is 0 Å². The molecule has 4 heteroatoms. The van der Waals surface area contributed by atoms with Crippen LogP contribution in [0, 0.1) is 5.92 Å². The van der Waals surface area contributed by atoms with Crippen LogP contribution in [-0.4, -0.2) is 23.7 Å². The lowest BCUT2D eigenvalue weighted by Crippen LogP contribution is -2.19. The first-order chi connectivity index (χ1) is 8.49. The first-order valence-electron chi connectivity index (χ1n) is 6.81. The van der Waals surface area contributed by atoms with E-state index < -0.39 is 0 Å². The summed E-state index contributed by atoms with van der Waals surface area (Å²) in [6, 6.07) is 0. The molecule has 1 unspecified atom stereocenters. The zero-order chi connectivity index (χ0) is 13.7. The molecule has 0 amide bonds. The molecule has 0 spiro atoms. The van der Waals surface area contributed by atoms with E-state index in [-0.39, 0.29) is 6.61 Å². The first-order valence-corrected chi connectivity index (χ1v) is 7.62. The summed E-state index contributed by atoms with van der Waals surface area (Å²) in [5.74, 6) is 1.13. The summed E-state index contributed by atoms with van der Waals surface area (Å²) in [6.45, 7) is 9.93.